The lowest BCUT2D eigenvalue weighted by atomic mass is 10.1. The summed E-state index contributed by atoms with van der Waals surface area (Å²) in [5.74, 6) is 0.924. The fraction of sp³-hybridized carbons (Fsp3) is 0.391. The van der Waals surface area contributed by atoms with Gasteiger partial charge in [0.05, 0.1) is 13.5 Å². The Hall–Kier alpha value is -3.02. The van der Waals surface area contributed by atoms with Crippen LogP contribution in [0.5, 0.6) is 17.2 Å². The molecule has 0 bridgehead atoms. The summed E-state index contributed by atoms with van der Waals surface area (Å²) >= 11 is 0. The van der Waals surface area contributed by atoms with E-state index in [1.807, 2.05) is 25.1 Å². The van der Waals surface area contributed by atoms with Crippen molar-refractivity contribution in [3.8, 4) is 17.2 Å². The van der Waals surface area contributed by atoms with Gasteiger partial charge >= 0.3 is 5.97 Å². The van der Waals surface area contributed by atoms with Crippen LogP contribution in [0, 0.1) is 12.8 Å². The Kier molecular flexibility index (Phi) is 7.26. The molecule has 0 spiro atoms. The lowest BCUT2D eigenvalue weighted by Gasteiger charge is -2.20. The molecule has 0 aromatic heterocycles. The first-order valence-electron chi connectivity index (χ1n) is 9.52. The average Bonchev–Trinajstić information content (AvgIpc) is 2.63. The summed E-state index contributed by atoms with van der Waals surface area (Å²) in [5, 5.41) is 2.81. The van der Waals surface area contributed by atoms with E-state index in [0.717, 1.165) is 5.56 Å². The molecule has 0 aliphatic carbocycles. The zero-order valence-corrected chi connectivity index (χ0v) is 17.9. The molecule has 156 valence electrons. The highest BCUT2D eigenvalue weighted by atomic mass is 16.6. The van der Waals surface area contributed by atoms with Crippen molar-refractivity contribution in [1.82, 2.24) is 0 Å². The van der Waals surface area contributed by atoms with E-state index in [1.54, 1.807) is 59.1 Å². The van der Waals surface area contributed by atoms with Gasteiger partial charge in [-0.05, 0) is 63.6 Å². The molecule has 0 saturated carbocycles. The van der Waals surface area contributed by atoms with Crippen molar-refractivity contribution in [2.45, 2.75) is 46.6 Å². The second-order valence-corrected chi connectivity index (χ2v) is 7.94. The van der Waals surface area contributed by atoms with Crippen LogP contribution in [0.25, 0.3) is 0 Å². The van der Waals surface area contributed by atoms with Crippen LogP contribution in [0.4, 0.5) is 5.69 Å². The Balaban J connectivity index is 1.95. The van der Waals surface area contributed by atoms with Crippen LogP contribution in [0.3, 0.4) is 0 Å². The Morgan fingerprint density at radius 1 is 1.03 bits per heavy atom. The van der Waals surface area contributed by atoms with Crippen LogP contribution in [0.2, 0.25) is 0 Å². The maximum Gasteiger partial charge on any atom is 0.307 e. The number of anilines is 1. The zero-order chi connectivity index (χ0) is 21.6. The molecule has 1 N–H and O–H groups in total. The standard InChI is InChI=1S/C23H29NO5/c1-15-7-10-19(27-6)14-20(15)28-18-11-8-17(9-12-18)24-22(26)16(2)13-21(25)29-23(3,4)5/h7-12,14,16H,13H2,1-6H3,(H,24,26)/t16-/m0/s1. The molecule has 0 fully saturated rings. The number of aryl methyl sites for hydroxylation is 1. The third-order valence-corrected chi connectivity index (χ3v) is 4.09. The predicted molar refractivity (Wildman–Crippen MR) is 113 cm³/mol. The van der Waals surface area contributed by atoms with Crippen molar-refractivity contribution in [1.29, 1.82) is 0 Å². The molecule has 0 radical (unpaired) electrons. The number of methoxy groups -OCH3 is 1. The van der Waals surface area contributed by atoms with Gasteiger partial charge in [-0.25, -0.2) is 0 Å². The van der Waals surface area contributed by atoms with E-state index in [2.05, 4.69) is 5.32 Å². The topological polar surface area (TPSA) is 73.9 Å². The van der Waals surface area contributed by atoms with Gasteiger partial charge in [0, 0.05) is 17.7 Å². The maximum atomic E-state index is 12.3. The number of carbonyl (C=O) groups excluding carboxylic acids is 2. The van der Waals surface area contributed by atoms with Gasteiger partial charge in [0.15, 0.2) is 0 Å². The first-order chi connectivity index (χ1) is 13.6. The average molecular weight is 399 g/mol. The summed E-state index contributed by atoms with van der Waals surface area (Å²) in [4.78, 5) is 24.2. The lowest BCUT2D eigenvalue weighted by Crippen LogP contribution is -2.28. The Labute approximate surface area is 172 Å². The molecule has 0 saturated heterocycles. The molecule has 1 atom stereocenters. The van der Waals surface area contributed by atoms with Crippen LogP contribution in [0.1, 0.15) is 39.7 Å². The second-order valence-electron chi connectivity index (χ2n) is 7.94. The normalized spacial score (nSPS) is 12.1. The molecule has 0 unspecified atom stereocenters. The number of hydrogen-bond acceptors (Lipinski definition) is 5. The van der Waals surface area contributed by atoms with Crippen molar-refractivity contribution >= 4 is 17.6 Å². The molecule has 2 rings (SSSR count). The fourth-order valence-corrected chi connectivity index (χ4v) is 2.54. The van der Waals surface area contributed by atoms with Crippen LogP contribution in [0.15, 0.2) is 42.5 Å². The molecular weight excluding hydrogens is 370 g/mol. The molecule has 0 heterocycles. The monoisotopic (exact) mass is 399 g/mol. The third kappa shape index (κ3) is 7.14. The number of carbonyl (C=O) groups is 2. The molecule has 2 aromatic rings. The largest absolute Gasteiger partial charge is 0.497 e. The highest BCUT2D eigenvalue weighted by Crippen LogP contribution is 2.29. The van der Waals surface area contributed by atoms with Gasteiger partial charge in [-0.15, -0.1) is 0 Å². The first-order valence-corrected chi connectivity index (χ1v) is 9.52. The third-order valence-electron chi connectivity index (χ3n) is 4.09. The van der Waals surface area contributed by atoms with E-state index in [4.69, 9.17) is 14.2 Å². The van der Waals surface area contributed by atoms with Crippen molar-refractivity contribution in [2.75, 3.05) is 12.4 Å². The minimum absolute atomic E-state index is 0.0272. The number of ether oxygens (including phenoxy) is 3. The number of nitrogens with one attached hydrogen (secondary N) is 1. The SMILES string of the molecule is COc1ccc(C)c(Oc2ccc(NC(=O)[C@@H](C)CC(=O)OC(C)(C)C)cc2)c1. The minimum atomic E-state index is -0.565. The number of rotatable bonds is 7. The van der Waals surface area contributed by atoms with E-state index in [9.17, 15) is 9.59 Å². The van der Waals surface area contributed by atoms with Gasteiger partial charge in [-0.3, -0.25) is 9.59 Å². The molecule has 29 heavy (non-hydrogen) atoms. The van der Waals surface area contributed by atoms with E-state index in [1.165, 1.54) is 0 Å². The van der Waals surface area contributed by atoms with E-state index in [0.29, 0.717) is 22.9 Å². The molecule has 0 aliphatic heterocycles. The summed E-state index contributed by atoms with van der Waals surface area (Å²) in [6, 6.07) is 12.7. The maximum absolute atomic E-state index is 12.3. The number of amides is 1. The van der Waals surface area contributed by atoms with E-state index in [-0.39, 0.29) is 12.3 Å². The zero-order valence-electron chi connectivity index (χ0n) is 17.9. The summed E-state index contributed by atoms with van der Waals surface area (Å²) in [6.45, 7) is 9.04. The number of benzene rings is 2. The Morgan fingerprint density at radius 3 is 2.24 bits per heavy atom. The highest BCUT2D eigenvalue weighted by Gasteiger charge is 2.22. The molecular formula is C23H29NO5. The van der Waals surface area contributed by atoms with Crippen molar-refractivity contribution < 1.29 is 23.8 Å². The van der Waals surface area contributed by atoms with Crippen molar-refractivity contribution in [3.63, 3.8) is 0 Å². The molecule has 6 nitrogen and oxygen atoms in total. The number of esters is 1. The quantitative estimate of drug-likeness (QED) is 0.656. The number of hydrogen-bond donors (Lipinski definition) is 1. The Bertz CT molecular complexity index is 853. The summed E-state index contributed by atoms with van der Waals surface area (Å²) in [6.07, 6.45) is 0.0272. The van der Waals surface area contributed by atoms with Crippen LogP contribution < -0.4 is 14.8 Å². The second kappa shape index (κ2) is 9.45. The van der Waals surface area contributed by atoms with E-state index >= 15 is 0 Å². The molecule has 2 aromatic carbocycles. The van der Waals surface area contributed by atoms with Gasteiger partial charge in [-0.1, -0.05) is 13.0 Å². The predicted octanol–water partition coefficient (Wildman–Crippen LogP) is 5.10. The van der Waals surface area contributed by atoms with Crippen molar-refractivity contribution in [2.24, 2.45) is 5.92 Å². The molecule has 0 aliphatic rings. The van der Waals surface area contributed by atoms with Gasteiger partial charge in [0.2, 0.25) is 5.91 Å². The Morgan fingerprint density at radius 2 is 1.66 bits per heavy atom. The lowest BCUT2D eigenvalue weighted by molar-refractivity contribution is -0.156. The molecule has 1 amide bonds. The summed E-state index contributed by atoms with van der Waals surface area (Å²) < 4.78 is 16.4. The minimum Gasteiger partial charge on any atom is -0.497 e. The van der Waals surface area contributed by atoms with Crippen LogP contribution in [-0.4, -0.2) is 24.6 Å². The van der Waals surface area contributed by atoms with Gasteiger partial charge < -0.3 is 19.5 Å². The van der Waals surface area contributed by atoms with Gasteiger partial charge in [0.25, 0.3) is 0 Å². The highest BCUT2D eigenvalue weighted by molar-refractivity contribution is 5.94. The van der Waals surface area contributed by atoms with Gasteiger partial charge in [0.1, 0.15) is 22.8 Å². The summed E-state index contributed by atoms with van der Waals surface area (Å²) in [7, 11) is 1.61. The smallest absolute Gasteiger partial charge is 0.307 e. The van der Waals surface area contributed by atoms with Crippen LogP contribution in [-0.2, 0) is 14.3 Å². The van der Waals surface area contributed by atoms with Crippen LogP contribution >= 0.6 is 0 Å². The first kappa shape index (κ1) is 22.3. The fourth-order valence-electron chi connectivity index (χ4n) is 2.54. The van der Waals surface area contributed by atoms with Crippen molar-refractivity contribution in [3.05, 3.63) is 48.0 Å². The summed E-state index contributed by atoms with van der Waals surface area (Å²) in [5.41, 5.74) is 1.05. The molecule has 6 heteroatoms. The van der Waals surface area contributed by atoms with E-state index < -0.39 is 17.5 Å². The van der Waals surface area contributed by atoms with Gasteiger partial charge in [-0.2, -0.15) is 0 Å².